The third kappa shape index (κ3) is 2.20. The molecule has 1 aromatic heterocycles. The predicted molar refractivity (Wildman–Crippen MR) is 66.1 cm³/mol. The van der Waals surface area contributed by atoms with E-state index in [1.165, 1.54) is 7.11 Å². The quantitative estimate of drug-likeness (QED) is 0.830. The van der Waals surface area contributed by atoms with Crippen LogP contribution < -0.4 is 15.1 Å². The van der Waals surface area contributed by atoms with Crippen molar-refractivity contribution < 1.29 is 13.9 Å². The average molecular weight is 247 g/mol. The molecular formula is C13H13NO4. The molecule has 0 bridgehead atoms. The van der Waals surface area contributed by atoms with Crippen LogP contribution >= 0.6 is 0 Å². The van der Waals surface area contributed by atoms with Crippen molar-refractivity contribution in [3.63, 3.8) is 0 Å². The molecule has 0 aliphatic heterocycles. The van der Waals surface area contributed by atoms with Crippen molar-refractivity contribution in [1.29, 1.82) is 0 Å². The molecule has 5 heteroatoms. The molecule has 0 saturated heterocycles. The Balaban J connectivity index is 2.50. The molecule has 0 aliphatic rings. The second-order valence-electron chi connectivity index (χ2n) is 3.67. The van der Waals surface area contributed by atoms with Gasteiger partial charge in [0.25, 0.3) is 0 Å². The molecule has 2 aromatic rings. The summed E-state index contributed by atoms with van der Waals surface area (Å²) < 4.78 is 15.2. The van der Waals surface area contributed by atoms with Gasteiger partial charge in [0.05, 0.1) is 19.8 Å². The summed E-state index contributed by atoms with van der Waals surface area (Å²) in [5.41, 5.74) is 0.591. The number of benzene rings is 1. The summed E-state index contributed by atoms with van der Waals surface area (Å²) in [5.74, 6) is 1.22. The first-order chi connectivity index (χ1) is 8.65. The van der Waals surface area contributed by atoms with Crippen molar-refractivity contribution in [1.82, 2.24) is 4.98 Å². The zero-order chi connectivity index (χ0) is 13.1. The zero-order valence-electron chi connectivity index (χ0n) is 10.4. The summed E-state index contributed by atoms with van der Waals surface area (Å²) in [4.78, 5) is 15.8. The average Bonchev–Trinajstić information content (AvgIpc) is 2.42. The number of hydrogen-bond donors (Lipinski definition) is 0. The van der Waals surface area contributed by atoms with Crippen LogP contribution in [0.4, 0.5) is 0 Å². The van der Waals surface area contributed by atoms with Gasteiger partial charge >= 0.3 is 5.63 Å². The molecule has 0 unspecified atom stereocenters. The second-order valence-corrected chi connectivity index (χ2v) is 3.67. The molecule has 0 saturated carbocycles. The Kier molecular flexibility index (Phi) is 3.32. The number of methoxy groups -OCH3 is 2. The Bertz CT molecular complexity index is 601. The van der Waals surface area contributed by atoms with Gasteiger partial charge in [0.2, 0.25) is 11.8 Å². The van der Waals surface area contributed by atoms with Gasteiger partial charge < -0.3 is 13.9 Å². The van der Waals surface area contributed by atoms with Crippen LogP contribution in [0.5, 0.6) is 11.6 Å². The van der Waals surface area contributed by atoms with E-state index in [0.717, 1.165) is 5.75 Å². The van der Waals surface area contributed by atoms with Crippen molar-refractivity contribution in [2.24, 2.45) is 0 Å². The minimum absolute atomic E-state index is 0.227. The van der Waals surface area contributed by atoms with Crippen LogP contribution in [0.15, 0.2) is 33.5 Å². The first kappa shape index (κ1) is 12.2. The third-order valence-corrected chi connectivity index (χ3v) is 2.55. The van der Waals surface area contributed by atoms with Crippen LogP contribution in [-0.2, 0) is 0 Å². The fourth-order valence-electron chi connectivity index (χ4n) is 1.51. The summed E-state index contributed by atoms with van der Waals surface area (Å²) in [6.07, 6.45) is 0. The van der Waals surface area contributed by atoms with Crippen LogP contribution in [0, 0.1) is 6.92 Å². The minimum Gasteiger partial charge on any atom is -0.497 e. The van der Waals surface area contributed by atoms with E-state index in [2.05, 4.69) is 4.98 Å². The third-order valence-electron chi connectivity index (χ3n) is 2.55. The molecule has 0 N–H and O–H groups in total. The topological polar surface area (TPSA) is 61.6 Å². The second kappa shape index (κ2) is 4.91. The van der Waals surface area contributed by atoms with Crippen molar-refractivity contribution in [2.45, 2.75) is 6.92 Å². The molecule has 5 nitrogen and oxygen atoms in total. The molecule has 18 heavy (non-hydrogen) atoms. The lowest BCUT2D eigenvalue weighted by molar-refractivity contribution is 0.375. The van der Waals surface area contributed by atoms with E-state index in [9.17, 15) is 4.79 Å². The highest BCUT2D eigenvalue weighted by atomic mass is 16.5. The Morgan fingerprint density at radius 3 is 2.33 bits per heavy atom. The number of hydrogen-bond acceptors (Lipinski definition) is 5. The fraction of sp³-hybridized carbons (Fsp3) is 0.231. The van der Waals surface area contributed by atoms with Gasteiger partial charge in [-0.25, -0.2) is 4.79 Å². The summed E-state index contributed by atoms with van der Waals surface area (Å²) in [7, 11) is 3.05. The molecule has 1 heterocycles. The normalized spacial score (nSPS) is 10.2. The van der Waals surface area contributed by atoms with Crippen molar-refractivity contribution >= 4 is 0 Å². The first-order valence-corrected chi connectivity index (χ1v) is 5.36. The van der Waals surface area contributed by atoms with E-state index in [1.807, 2.05) is 0 Å². The van der Waals surface area contributed by atoms with Gasteiger partial charge in [-0.1, -0.05) is 0 Å². The highest BCUT2D eigenvalue weighted by molar-refractivity contribution is 5.55. The van der Waals surface area contributed by atoms with Crippen LogP contribution in [0.2, 0.25) is 0 Å². The lowest BCUT2D eigenvalue weighted by Gasteiger charge is -2.05. The molecule has 94 valence electrons. The summed E-state index contributed by atoms with van der Waals surface area (Å²) in [5, 5.41) is 0. The monoisotopic (exact) mass is 247 g/mol. The van der Waals surface area contributed by atoms with Crippen LogP contribution in [0.1, 0.15) is 5.56 Å². The van der Waals surface area contributed by atoms with Crippen LogP contribution in [-0.4, -0.2) is 19.2 Å². The highest BCUT2D eigenvalue weighted by Crippen LogP contribution is 2.22. The van der Waals surface area contributed by atoms with E-state index >= 15 is 0 Å². The van der Waals surface area contributed by atoms with Gasteiger partial charge in [0, 0.05) is 5.56 Å². The Morgan fingerprint density at radius 2 is 1.78 bits per heavy atom. The predicted octanol–water partition coefficient (Wildman–Crippen LogP) is 2.03. The van der Waals surface area contributed by atoms with Gasteiger partial charge in [-0.05, 0) is 31.2 Å². The molecule has 0 aliphatic carbocycles. The Morgan fingerprint density at radius 1 is 1.11 bits per heavy atom. The maximum Gasteiger partial charge on any atom is 0.345 e. The maximum absolute atomic E-state index is 11.6. The smallest absolute Gasteiger partial charge is 0.345 e. The number of ether oxygens (including phenoxy) is 2. The largest absolute Gasteiger partial charge is 0.497 e. The zero-order valence-corrected chi connectivity index (χ0v) is 10.4. The van der Waals surface area contributed by atoms with Gasteiger partial charge in [-0.15, -0.1) is 0 Å². The molecule has 0 radical (unpaired) electrons. The first-order valence-electron chi connectivity index (χ1n) is 5.36. The van der Waals surface area contributed by atoms with Crippen molar-refractivity contribution in [2.75, 3.05) is 14.2 Å². The van der Waals surface area contributed by atoms with Gasteiger partial charge in [-0.2, -0.15) is 4.98 Å². The summed E-state index contributed by atoms with van der Waals surface area (Å²) >= 11 is 0. The molecule has 0 fully saturated rings. The SMILES string of the molecule is COc1ccc(-c2nc(OC)c(C)c(=O)o2)cc1. The van der Waals surface area contributed by atoms with Gasteiger partial charge in [0.1, 0.15) is 5.75 Å². The van der Waals surface area contributed by atoms with Crippen molar-refractivity contribution in [3.8, 4) is 23.1 Å². The van der Waals surface area contributed by atoms with E-state index in [1.54, 1.807) is 38.3 Å². The molecule has 0 spiro atoms. The molecule has 0 atom stereocenters. The number of aromatic nitrogens is 1. The standard InChI is InChI=1S/C13H13NO4/c1-8-11(17-3)14-12(18-13(8)15)9-4-6-10(16-2)7-5-9/h4-7H,1-3H3. The Hall–Kier alpha value is -2.30. The number of nitrogens with zero attached hydrogens (tertiary/aromatic N) is 1. The lowest BCUT2D eigenvalue weighted by Crippen LogP contribution is -2.08. The Labute approximate surface area is 104 Å². The summed E-state index contributed by atoms with van der Waals surface area (Å²) in [6.45, 7) is 1.61. The summed E-state index contributed by atoms with van der Waals surface area (Å²) in [6, 6.07) is 7.06. The molecule has 1 aromatic carbocycles. The van der Waals surface area contributed by atoms with E-state index in [-0.39, 0.29) is 11.8 Å². The van der Waals surface area contributed by atoms with Crippen molar-refractivity contribution in [3.05, 3.63) is 40.2 Å². The van der Waals surface area contributed by atoms with Crippen LogP contribution in [0.25, 0.3) is 11.5 Å². The van der Waals surface area contributed by atoms with Gasteiger partial charge in [-0.3, -0.25) is 0 Å². The molecule has 2 rings (SSSR count). The van der Waals surface area contributed by atoms with Gasteiger partial charge in [0.15, 0.2) is 0 Å². The van der Waals surface area contributed by atoms with E-state index in [4.69, 9.17) is 13.9 Å². The number of rotatable bonds is 3. The lowest BCUT2D eigenvalue weighted by atomic mass is 10.2. The molecule has 0 amide bonds. The van der Waals surface area contributed by atoms with E-state index in [0.29, 0.717) is 11.1 Å². The minimum atomic E-state index is -0.451. The molecular weight excluding hydrogens is 234 g/mol. The highest BCUT2D eigenvalue weighted by Gasteiger charge is 2.11. The van der Waals surface area contributed by atoms with Crippen LogP contribution in [0.3, 0.4) is 0 Å². The van der Waals surface area contributed by atoms with E-state index < -0.39 is 5.63 Å². The fourth-order valence-corrected chi connectivity index (χ4v) is 1.51. The maximum atomic E-state index is 11.6.